The van der Waals surface area contributed by atoms with Gasteiger partial charge in [0.15, 0.2) is 0 Å². The van der Waals surface area contributed by atoms with Crippen molar-refractivity contribution >= 4 is 0 Å². The summed E-state index contributed by atoms with van der Waals surface area (Å²) in [4.78, 5) is 4.27. The number of aryl methyl sites for hydroxylation is 1. The Bertz CT molecular complexity index is 545. The molecule has 1 N–H and O–H groups in total. The second kappa shape index (κ2) is 6.66. The van der Waals surface area contributed by atoms with Gasteiger partial charge < -0.3 is 5.32 Å². The Balaban J connectivity index is 2.16. The Kier molecular flexibility index (Phi) is 4.90. The van der Waals surface area contributed by atoms with Crippen LogP contribution in [0.1, 0.15) is 49.8 Å². The molecule has 1 atom stereocenters. The smallest absolute Gasteiger partial charge is 0.0643 e. The number of hydrogen-bond acceptors (Lipinski definition) is 3. The maximum Gasteiger partial charge on any atom is 0.0643 e. The fraction of sp³-hybridized carbons (Fsp3) is 0.500. The van der Waals surface area contributed by atoms with Crippen LogP contribution in [0, 0.1) is 6.92 Å². The van der Waals surface area contributed by atoms with Gasteiger partial charge in [-0.05, 0) is 51.1 Å². The minimum absolute atomic E-state index is 0.289. The van der Waals surface area contributed by atoms with E-state index < -0.39 is 0 Å². The zero-order valence-corrected chi connectivity index (χ0v) is 12.8. The van der Waals surface area contributed by atoms with Crippen LogP contribution < -0.4 is 5.32 Å². The van der Waals surface area contributed by atoms with Crippen molar-refractivity contribution in [1.82, 2.24) is 20.1 Å². The Morgan fingerprint density at radius 2 is 2.10 bits per heavy atom. The summed E-state index contributed by atoms with van der Waals surface area (Å²) in [6.07, 6.45) is 4.83. The molecular weight excluding hydrogens is 248 g/mol. The SMILES string of the molecule is CCNC(Cc1ccn(C(C)C)n1)c1ccnc(C)c1. The molecule has 2 heterocycles. The first-order valence-corrected chi connectivity index (χ1v) is 7.30. The molecule has 1 unspecified atom stereocenters. The molecule has 0 spiro atoms. The van der Waals surface area contributed by atoms with Crippen LogP contribution in [0.3, 0.4) is 0 Å². The lowest BCUT2D eigenvalue weighted by molar-refractivity contribution is 0.506. The lowest BCUT2D eigenvalue weighted by Crippen LogP contribution is -2.23. The molecule has 0 amide bonds. The van der Waals surface area contributed by atoms with E-state index in [1.54, 1.807) is 0 Å². The minimum atomic E-state index is 0.289. The van der Waals surface area contributed by atoms with E-state index in [1.165, 1.54) is 5.56 Å². The van der Waals surface area contributed by atoms with Crippen molar-refractivity contribution in [2.75, 3.05) is 6.54 Å². The molecule has 0 radical (unpaired) electrons. The summed E-state index contributed by atoms with van der Waals surface area (Å²) >= 11 is 0. The standard InChI is InChI=1S/C16H24N4/c1-5-17-16(14-6-8-18-13(4)10-14)11-15-7-9-20(19-15)12(2)3/h6-10,12,16-17H,5,11H2,1-4H3. The van der Waals surface area contributed by atoms with E-state index in [9.17, 15) is 0 Å². The van der Waals surface area contributed by atoms with Gasteiger partial charge in [-0.2, -0.15) is 5.10 Å². The average Bonchev–Trinajstić information content (AvgIpc) is 2.87. The lowest BCUT2D eigenvalue weighted by Gasteiger charge is -2.17. The van der Waals surface area contributed by atoms with E-state index in [1.807, 2.05) is 17.8 Å². The van der Waals surface area contributed by atoms with Crippen LogP contribution in [0.4, 0.5) is 0 Å². The fourth-order valence-electron chi connectivity index (χ4n) is 2.32. The van der Waals surface area contributed by atoms with E-state index in [4.69, 9.17) is 0 Å². The number of aromatic nitrogens is 3. The highest BCUT2D eigenvalue weighted by Crippen LogP contribution is 2.18. The molecule has 20 heavy (non-hydrogen) atoms. The highest BCUT2D eigenvalue weighted by atomic mass is 15.3. The molecule has 0 aliphatic rings. The molecule has 0 aliphatic heterocycles. The maximum atomic E-state index is 4.64. The first kappa shape index (κ1) is 14.7. The van der Waals surface area contributed by atoms with E-state index in [-0.39, 0.29) is 6.04 Å². The van der Waals surface area contributed by atoms with Gasteiger partial charge >= 0.3 is 0 Å². The van der Waals surface area contributed by atoms with Crippen molar-refractivity contribution in [3.05, 3.63) is 47.5 Å². The van der Waals surface area contributed by atoms with Gasteiger partial charge in [-0.15, -0.1) is 0 Å². The third-order valence-electron chi connectivity index (χ3n) is 3.38. The molecule has 0 saturated carbocycles. The molecule has 2 rings (SSSR count). The van der Waals surface area contributed by atoms with Crippen LogP contribution in [-0.4, -0.2) is 21.3 Å². The van der Waals surface area contributed by atoms with Crippen molar-refractivity contribution in [2.45, 2.75) is 46.2 Å². The third kappa shape index (κ3) is 3.67. The van der Waals surface area contributed by atoms with E-state index in [0.717, 1.165) is 24.4 Å². The molecule has 0 bridgehead atoms. The Labute approximate surface area is 121 Å². The Hall–Kier alpha value is -1.68. The van der Waals surface area contributed by atoms with Crippen LogP contribution in [0.2, 0.25) is 0 Å². The van der Waals surface area contributed by atoms with Gasteiger partial charge in [0.2, 0.25) is 0 Å². The van der Waals surface area contributed by atoms with Crippen LogP contribution in [0.25, 0.3) is 0 Å². The fourth-order valence-corrected chi connectivity index (χ4v) is 2.32. The zero-order chi connectivity index (χ0) is 14.5. The van der Waals surface area contributed by atoms with Crippen LogP contribution >= 0.6 is 0 Å². The van der Waals surface area contributed by atoms with Gasteiger partial charge in [-0.3, -0.25) is 9.67 Å². The molecule has 2 aromatic heterocycles. The van der Waals surface area contributed by atoms with Crippen LogP contribution in [0.5, 0.6) is 0 Å². The normalized spacial score (nSPS) is 12.8. The van der Waals surface area contributed by atoms with Crippen molar-refractivity contribution in [1.29, 1.82) is 0 Å². The maximum absolute atomic E-state index is 4.64. The summed E-state index contributed by atoms with van der Waals surface area (Å²) in [6, 6.07) is 7.03. The van der Waals surface area contributed by atoms with E-state index in [0.29, 0.717) is 6.04 Å². The number of nitrogens with one attached hydrogen (secondary N) is 1. The Morgan fingerprint density at radius 1 is 1.30 bits per heavy atom. The van der Waals surface area contributed by atoms with Crippen molar-refractivity contribution < 1.29 is 0 Å². The summed E-state index contributed by atoms with van der Waals surface area (Å²) in [5.41, 5.74) is 3.45. The molecule has 0 saturated heterocycles. The monoisotopic (exact) mass is 272 g/mol. The van der Waals surface area contributed by atoms with Crippen LogP contribution in [0.15, 0.2) is 30.6 Å². The van der Waals surface area contributed by atoms with Gasteiger partial charge in [-0.25, -0.2) is 0 Å². The molecular formula is C16H24N4. The van der Waals surface area contributed by atoms with Gasteiger partial charge in [0.1, 0.15) is 0 Å². The second-order valence-electron chi connectivity index (χ2n) is 5.43. The van der Waals surface area contributed by atoms with Gasteiger partial charge in [-0.1, -0.05) is 6.92 Å². The average molecular weight is 272 g/mol. The summed E-state index contributed by atoms with van der Waals surface area (Å²) in [5.74, 6) is 0. The molecule has 108 valence electrons. The van der Waals surface area contributed by atoms with E-state index in [2.05, 4.69) is 60.6 Å². The van der Waals surface area contributed by atoms with Gasteiger partial charge in [0.05, 0.1) is 5.69 Å². The first-order chi connectivity index (χ1) is 9.60. The summed E-state index contributed by atoms with van der Waals surface area (Å²) in [7, 11) is 0. The number of likely N-dealkylation sites (N-methyl/N-ethyl adjacent to an activating group) is 1. The molecule has 2 aromatic rings. The van der Waals surface area contributed by atoms with Crippen molar-refractivity contribution in [2.24, 2.45) is 0 Å². The third-order valence-corrected chi connectivity index (χ3v) is 3.38. The quantitative estimate of drug-likeness (QED) is 0.879. The summed E-state index contributed by atoms with van der Waals surface area (Å²) in [6.45, 7) is 9.39. The molecule has 4 heteroatoms. The predicted molar refractivity (Wildman–Crippen MR) is 81.7 cm³/mol. The summed E-state index contributed by atoms with van der Waals surface area (Å²) < 4.78 is 2.01. The molecule has 4 nitrogen and oxygen atoms in total. The first-order valence-electron chi connectivity index (χ1n) is 7.30. The molecule has 0 aromatic carbocycles. The van der Waals surface area contributed by atoms with Crippen LogP contribution in [-0.2, 0) is 6.42 Å². The highest BCUT2D eigenvalue weighted by Gasteiger charge is 2.13. The minimum Gasteiger partial charge on any atom is -0.310 e. The second-order valence-corrected chi connectivity index (χ2v) is 5.43. The van der Waals surface area contributed by atoms with E-state index >= 15 is 0 Å². The number of rotatable bonds is 6. The zero-order valence-electron chi connectivity index (χ0n) is 12.8. The number of pyridine rings is 1. The largest absolute Gasteiger partial charge is 0.310 e. The topological polar surface area (TPSA) is 42.7 Å². The molecule has 0 fully saturated rings. The van der Waals surface area contributed by atoms with Crippen molar-refractivity contribution in [3.63, 3.8) is 0 Å². The Morgan fingerprint density at radius 3 is 2.70 bits per heavy atom. The lowest BCUT2D eigenvalue weighted by atomic mass is 10.0. The van der Waals surface area contributed by atoms with Gasteiger partial charge in [0, 0.05) is 36.6 Å². The van der Waals surface area contributed by atoms with Gasteiger partial charge in [0.25, 0.3) is 0 Å². The number of nitrogens with zero attached hydrogens (tertiary/aromatic N) is 3. The molecule has 0 aliphatic carbocycles. The highest BCUT2D eigenvalue weighted by molar-refractivity contribution is 5.21. The summed E-state index contributed by atoms with van der Waals surface area (Å²) in [5, 5.41) is 8.18. The number of hydrogen-bond donors (Lipinski definition) is 1. The van der Waals surface area contributed by atoms with Crippen molar-refractivity contribution in [3.8, 4) is 0 Å². The predicted octanol–water partition coefficient (Wildman–Crippen LogP) is 3.06.